The molecule has 12 aliphatic rings. The first-order valence-electron chi connectivity index (χ1n) is 34.7. The molecule has 19 atom stereocenters. The Bertz CT molecular complexity index is 4090. The van der Waals surface area contributed by atoms with Crippen LogP contribution >= 0.6 is 0 Å². The Morgan fingerprint density at radius 1 is 0.898 bits per heavy atom. The summed E-state index contributed by atoms with van der Waals surface area (Å²) in [6.07, 6.45) is -5.41. The average molecular weight is 1340 g/mol. The maximum absolute atomic E-state index is 15.8. The number of dihydropyridines is 1. The summed E-state index contributed by atoms with van der Waals surface area (Å²) in [7, 11) is 0. The summed E-state index contributed by atoms with van der Waals surface area (Å²) in [6.45, 7) is -1.94. The second-order valence-corrected chi connectivity index (χ2v) is 28.7. The SMILES string of the molecule is NC1=C2C(=CCN1)[C@]13CO[C@@H]4[C@H]5Oc6c(cc7c(c6OC[C@H](O)CC=O)C(=O)c6cc(CO)ccc6C7=O)[C@@H](c6ccccc6N6CN[C@H]7C(=O)N[C@@H](N)N[C@@H]76)[C@H]6CC[C@H](O)[C@H](C#C[C@](O)([C@H](COC6)O5)[C@H]4O)Cc4ccc(c(c4)[C@H](CCO)[C@@H]1O)CC3=C1CC[C@@H]3CCC[C@@H]3N[C@H]12. The molecular weight excluding hydrogens is 1260 g/mol. The van der Waals surface area contributed by atoms with Crippen LogP contribution in [-0.2, 0) is 43.2 Å². The monoisotopic (exact) mass is 1340 g/mol. The van der Waals surface area contributed by atoms with Gasteiger partial charge < -0.3 is 90.8 Å². The lowest BCUT2D eigenvalue weighted by molar-refractivity contribution is -0.311. The molecule has 1 saturated carbocycles. The lowest BCUT2D eigenvalue weighted by atomic mass is 9.57. The summed E-state index contributed by atoms with van der Waals surface area (Å²) in [5.74, 6) is 1.46. The number of hydrogen-bond donors (Lipinski definition) is 14. The molecule has 9 bridgehead atoms. The van der Waals surface area contributed by atoms with E-state index in [9.17, 15) is 45.3 Å². The van der Waals surface area contributed by atoms with Crippen molar-refractivity contribution >= 4 is 29.4 Å². The number of anilines is 1. The van der Waals surface area contributed by atoms with E-state index in [-0.39, 0.29) is 109 Å². The summed E-state index contributed by atoms with van der Waals surface area (Å²) >= 11 is 0. The van der Waals surface area contributed by atoms with Gasteiger partial charge in [-0.2, -0.15) is 0 Å². The van der Waals surface area contributed by atoms with Crippen LogP contribution in [0.15, 0.2) is 101 Å². The largest absolute Gasteiger partial charge is 0.486 e. The number of fused-ring (bicyclic) bond motifs is 17. The zero-order valence-electron chi connectivity index (χ0n) is 54.2. The number of ether oxygens (including phenoxy) is 5. The third-order valence-corrected chi connectivity index (χ3v) is 23.5. The highest BCUT2D eigenvalue weighted by Crippen LogP contribution is 2.60. The Balaban J connectivity index is 0.965. The first kappa shape index (κ1) is 65.2. The number of aliphatic hydroxyl groups is 7. The molecule has 1 spiro atoms. The molecule has 4 saturated heterocycles. The number of benzene rings is 4. The molecule has 0 aromatic heterocycles. The van der Waals surface area contributed by atoms with Crippen LogP contribution in [0, 0.1) is 35.0 Å². The van der Waals surface area contributed by atoms with Crippen molar-refractivity contribution < 1.29 is 78.6 Å². The number of aldehydes is 1. The van der Waals surface area contributed by atoms with E-state index in [4.69, 9.17) is 35.2 Å². The lowest BCUT2D eigenvalue weighted by Gasteiger charge is -2.53. The van der Waals surface area contributed by atoms with Crippen molar-refractivity contribution in [3.8, 4) is 23.3 Å². The number of aliphatic hydroxyl groups excluding tert-OH is 6. The van der Waals surface area contributed by atoms with Gasteiger partial charge in [-0.15, -0.1) is 0 Å². The zero-order chi connectivity index (χ0) is 67.6. The summed E-state index contributed by atoms with van der Waals surface area (Å²) in [6, 6.07) is 18.7. The van der Waals surface area contributed by atoms with E-state index < -0.39 is 141 Å². The number of carbonyl (C=O) groups is 4. The smallest absolute Gasteiger partial charge is 0.242 e. The summed E-state index contributed by atoms with van der Waals surface area (Å²) in [5, 5.41) is 105. The van der Waals surface area contributed by atoms with E-state index in [1.54, 1.807) is 12.1 Å². The second-order valence-electron chi connectivity index (χ2n) is 28.7. The van der Waals surface area contributed by atoms with E-state index in [1.165, 1.54) is 12.1 Å². The Kier molecular flexibility index (Phi) is 17.1. The summed E-state index contributed by atoms with van der Waals surface area (Å²) < 4.78 is 35.9. The Morgan fingerprint density at radius 2 is 1.76 bits per heavy atom. The number of rotatable bonds is 10. The normalized spacial score (nSPS) is 35.5. The quantitative estimate of drug-likeness (QED) is 0.0527. The van der Waals surface area contributed by atoms with Crippen LogP contribution in [0.4, 0.5) is 5.69 Å². The molecule has 8 aliphatic heterocycles. The predicted molar refractivity (Wildman–Crippen MR) is 353 cm³/mol. The van der Waals surface area contributed by atoms with E-state index in [1.807, 2.05) is 41.3 Å². The van der Waals surface area contributed by atoms with Gasteiger partial charge in [-0.1, -0.05) is 66.8 Å². The number of amides is 1. The molecule has 16 N–H and O–H groups in total. The van der Waals surface area contributed by atoms with Crippen LogP contribution < -0.4 is 52.4 Å². The standard InChI is InChI=1S/C74H84N8O16/c75-68-58-50(17-21-77-68)73-33-96-65-67(91)74(93)20-16-39(24-35-8-10-38(46(25-35)43(19-23-84)66(73)90)27-51(73)44-14-11-37-4-3-6-52(37)79-59(44)58)54(87)15-12-40-30-94-32-55(74)97-71(65)98-63-49(56(40)45-5-1-2-7-53(45)82-34-78-60-69(82)80-72(76)81-70(60)92)28-48-57(64(63)95-31-41(86)18-22-83)62(89)47-26-36(29-85)9-13-42(47)61(48)88/h1-2,5,7-10,13,17,22,25-26,28,37,39-41,43,52,54-56,59-60,65-67,69,71-72,77-80,84-87,90-91,93H,3-4,6,11-12,14-15,18-19,21,23-24,27,29-34,75-76H2,(H,81,92)/t37-,39+,40-,41+,43-,52-,54-,55-,56+,59+,60+,65-,66-,67-,69+,71+,72-,73-,74-/m0/s1. The van der Waals surface area contributed by atoms with Gasteiger partial charge in [-0.05, 0) is 138 Å². The highest BCUT2D eigenvalue weighted by molar-refractivity contribution is 6.29. The van der Waals surface area contributed by atoms with Gasteiger partial charge in [0, 0.05) is 71.0 Å². The highest BCUT2D eigenvalue weighted by Gasteiger charge is 2.62. The van der Waals surface area contributed by atoms with Crippen LogP contribution in [0.1, 0.15) is 135 Å². The van der Waals surface area contributed by atoms with Gasteiger partial charge in [-0.3, -0.25) is 30.8 Å². The molecule has 1 amide bonds. The van der Waals surface area contributed by atoms with Gasteiger partial charge in [0.2, 0.25) is 12.2 Å². The van der Waals surface area contributed by atoms with E-state index in [0.717, 1.165) is 59.1 Å². The number of nitrogens with zero attached hydrogens (tertiary/aromatic N) is 1. The van der Waals surface area contributed by atoms with Crippen molar-refractivity contribution in [2.24, 2.45) is 34.6 Å². The Hall–Kier alpha value is -7.42. The van der Waals surface area contributed by atoms with Crippen molar-refractivity contribution in [2.45, 2.75) is 168 Å². The van der Waals surface area contributed by atoms with Crippen LogP contribution in [0.25, 0.3) is 0 Å². The van der Waals surface area contributed by atoms with Gasteiger partial charge in [0.05, 0.1) is 74.3 Å². The minimum Gasteiger partial charge on any atom is -0.486 e. The fraction of sp³-hybridized carbons (Fsp3) is 0.514. The minimum absolute atomic E-state index is 0.0284. The van der Waals surface area contributed by atoms with Crippen molar-refractivity contribution in [1.29, 1.82) is 0 Å². The first-order valence-corrected chi connectivity index (χ1v) is 34.7. The first-order chi connectivity index (χ1) is 47.5. The highest BCUT2D eigenvalue weighted by atomic mass is 16.7. The number of para-hydroxylation sites is 1. The predicted octanol–water partition coefficient (Wildman–Crippen LogP) is 0.997. The maximum atomic E-state index is 15.8. The minimum atomic E-state index is -2.58. The molecule has 98 heavy (non-hydrogen) atoms. The van der Waals surface area contributed by atoms with Crippen molar-refractivity contribution in [2.75, 3.05) is 51.1 Å². The molecular formula is C74H84N8O16. The zero-order valence-corrected chi connectivity index (χ0v) is 54.2. The molecule has 516 valence electrons. The molecule has 16 rings (SSSR count). The molecule has 4 aromatic carbocycles. The molecule has 4 aliphatic carbocycles. The fourth-order valence-electron chi connectivity index (χ4n) is 18.6. The van der Waals surface area contributed by atoms with Crippen LogP contribution in [0.5, 0.6) is 11.5 Å². The molecule has 5 fully saturated rings. The fourth-order valence-corrected chi connectivity index (χ4v) is 18.6. The molecule has 4 aromatic rings. The van der Waals surface area contributed by atoms with E-state index in [0.29, 0.717) is 53.3 Å². The third-order valence-electron chi connectivity index (χ3n) is 23.5. The van der Waals surface area contributed by atoms with Crippen LogP contribution in [0.2, 0.25) is 0 Å². The molecule has 0 radical (unpaired) electrons. The van der Waals surface area contributed by atoms with Gasteiger partial charge in [0.25, 0.3) is 0 Å². The van der Waals surface area contributed by atoms with Gasteiger partial charge in [-0.25, -0.2) is 0 Å². The molecule has 0 unspecified atom stereocenters. The van der Waals surface area contributed by atoms with Crippen molar-refractivity contribution in [3.05, 3.63) is 157 Å². The number of ketones is 2. The van der Waals surface area contributed by atoms with Crippen molar-refractivity contribution in [1.82, 2.24) is 26.6 Å². The van der Waals surface area contributed by atoms with Crippen LogP contribution in [0.3, 0.4) is 0 Å². The van der Waals surface area contributed by atoms with E-state index in [2.05, 4.69) is 50.6 Å². The Morgan fingerprint density at radius 3 is 2.59 bits per heavy atom. The van der Waals surface area contributed by atoms with E-state index >= 15 is 9.59 Å². The molecule has 24 nitrogen and oxygen atoms in total. The summed E-state index contributed by atoms with van der Waals surface area (Å²) in [5.41, 5.74) is 16.8. The Labute approximate surface area is 566 Å². The molecule has 24 heteroatoms. The number of hydrogen-bond acceptors (Lipinski definition) is 23. The number of nitrogens with two attached hydrogens (primary N) is 2. The van der Waals surface area contributed by atoms with Gasteiger partial charge in [0.1, 0.15) is 55.5 Å². The van der Waals surface area contributed by atoms with Crippen molar-refractivity contribution in [3.63, 3.8) is 0 Å². The van der Waals surface area contributed by atoms with Crippen LogP contribution in [-0.4, -0.2) is 185 Å². The number of carbonyl (C=O) groups excluding carboxylic acids is 4. The lowest BCUT2D eigenvalue weighted by Crippen LogP contribution is -2.70. The molecule has 8 heterocycles. The average Bonchev–Trinajstić information content (AvgIpc) is 1.35. The maximum Gasteiger partial charge on any atom is 0.242 e. The topological polar surface area (TPSA) is 371 Å². The van der Waals surface area contributed by atoms with Gasteiger partial charge in [0.15, 0.2) is 28.7 Å². The third kappa shape index (κ3) is 10.6. The second kappa shape index (κ2) is 25.6. The number of nitrogens with one attached hydrogen (secondary N) is 5. The van der Waals surface area contributed by atoms with Gasteiger partial charge >= 0.3 is 0 Å². The summed E-state index contributed by atoms with van der Waals surface area (Å²) in [4.78, 5) is 59.2.